The molecule has 1 saturated carbocycles. The van der Waals surface area contributed by atoms with Crippen LogP contribution in [0.25, 0.3) is 0 Å². The molecule has 0 bridgehead atoms. The van der Waals surface area contributed by atoms with Gasteiger partial charge in [-0.2, -0.15) is 0 Å². The summed E-state index contributed by atoms with van der Waals surface area (Å²) in [6.45, 7) is 2.85. The van der Waals surface area contributed by atoms with E-state index in [1.165, 1.54) is 11.1 Å². The van der Waals surface area contributed by atoms with E-state index in [9.17, 15) is 4.39 Å². The van der Waals surface area contributed by atoms with Crippen LogP contribution in [0.2, 0.25) is 5.02 Å². The summed E-state index contributed by atoms with van der Waals surface area (Å²) in [5.41, 5.74) is 10.1. The largest absolute Gasteiger partial charge is 0.489 e. The van der Waals surface area contributed by atoms with Crippen LogP contribution in [0.5, 0.6) is 5.75 Å². The van der Waals surface area contributed by atoms with Crippen LogP contribution >= 0.6 is 11.6 Å². The van der Waals surface area contributed by atoms with Crippen molar-refractivity contribution in [2.24, 2.45) is 10.7 Å². The molecule has 2 aromatic rings. The summed E-state index contributed by atoms with van der Waals surface area (Å²) in [5, 5.41) is 0.656. The van der Waals surface area contributed by atoms with Crippen molar-refractivity contribution in [3.8, 4) is 5.75 Å². The number of halogens is 2. The molecule has 1 unspecified atom stereocenters. The van der Waals surface area contributed by atoms with Gasteiger partial charge in [-0.3, -0.25) is 4.99 Å². The topological polar surface area (TPSA) is 47.6 Å². The molecule has 1 heterocycles. The predicted molar refractivity (Wildman–Crippen MR) is 121 cm³/mol. The van der Waals surface area contributed by atoms with Gasteiger partial charge < -0.3 is 10.5 Å². The lowest BCUT2D eigenvalue weighted by atomic mass is 9.63. The Labute approximate surface area is 183 Å². The Morgan fingerprint density at radius 3 is 2.63 bits per heavy atom. The maximum Gasteiger partial charge on any atom is 0.138 e. The molecule has 2 aliphatic rings. The molecule has 0 spiro atoms. The molecular weight excluding hydrogens is 399 g/mol. The summed E-state index contributed by atoms with van der Waals surface area (Å²) in [4.78, 5) is 4.33. The van der Waals surface area contributed by atoms with Crippen LogP contribution < -0.4 is 10.5 Å². The molecule has 0 amide bonds. The minimum Gasteiger partial charge on any atom is -0.489 e. The van der Waals surface area contributed by atoms with E-state index in [2.05, 4.69) is 18.0 Å². The van der Waals surface area contributed by atoms with E-state index in [4.69, 9.17) is 22.1 Å². The normalized spacial score (nSPS) is 24.3. The first-order chi connectivity index (χ1) is 14.5. The van der Waals surface area contributed by atoms with Gasteiger partial charge in [-0.25, -0.2) is 4.39 Å². The molecule has 1 aliphatic heterocycles. The lowest BCUT2D eigenvalue weighted by Gasteiger charge is -2.45. The van der Waals surface area contributed by atoms with Gasteiger partial charge in [0.2, 0.25) is 0 Å². The fraction of sp³-hybridized carbons (Fsp3) is 0.480. The number of nitrogens with zero attached hydrogens (tertiary/aromatic N) is 1. The SMILES string of the molecule is CCCC(N)C1(c2ccc(F)cc2)CCC(Oc2cc3c(cc2Cl)CN=CC3)CC1. The van der Waals surface area contributed by atoms with Crippen LogP contribution in [0, 0.1) is 5.82 Å². The van der Waals surface area contributed by atoms with Crippen molar-refractivity contribution >= 4 is 17.8 Å². The van der Waals surface area contributed by atoms with Crippen molar-refractivity contribution in [3.63, 3.8) is 0 Å². The number of hydrogen-bond donors (Lipinski definition) is 1. The Balaban J connectivity index is 1.50. The summed E-state index contributed by atoms with van der Waals surface area (Å²) in [7, 11) is 0. The first kappa shape index (κ1) is 21.3. The number of nitrogens with two attached hydrogens (primary N) is 1. The summed E-state index contributed by atoms with van der Waals surface area (Å²) < 4.78 is 19.9. The number of hydrogen-bond acceptors (Lipinski definition) is 3. The molecular formula is C25H30ClFN2O. The van der Waals surface area contributed by atoms with E-state index in [0.29, 0.717) is 11.6 Å². The third kappa shape index (κ3) is 4.26. The van der Waals surface area contributed by atoms with E-state index in [1.807, 2.05) is 24.4 Å². The van der Waals surface area contributed by atoms with Gasteiger partial charge in [0.1, 0.15) is 11.6 Å². The van der Waals surface area contributed by atoms with Gasteiger partial charge in [-0.1, -0.05) is 37.1 Å². The fourth-order valence-corrected chi connectivity index (χ4v) is 5.27. The van der Waals surface area contributed by atoms with E-state index < -0.39 is 0 Å². The first-order valence-electron chi connectivity index (χ1n) is 11.0. The number of ether oxygens (including phenoxy) is 1. The van der Waals surface area contributed by atoms with Crippen LogP contribution in [0.1, 0.15) is 62.1 Å². The summed E-state index contributed by atoms with van der Waals surface area (Å²) in [6, 6.07) is 11.0. The Morgan fingerprint density at radius 2 is 1.93 bits per heavy atom. The van der Waals surface area contributed by atoms with Crippen LogP contribution in [0.4, 0.5) is 4.39 Å². The fourth-order valence-electron chi connectivity index (χ4n) is 5.04. The first-order valence-corrected chi connectivity index (χ1v) is 11.4. The molecule has 0 saturated heterocycles. The summed E-state index contributed by atoms with van der Waals surface area (Å²) in [6.07, 6.45) is 8.56. The Kier molecular flexibility index (Phi) is 6.45. The quantitative estimate of drug-likeness (QED) is 0.613. The zero-order valence-electron chi connectivity index (χ0n) is 17.5. The Hall–Kier alpha value is -1.91. The second kappa shape index (κ2) is 9.07. The molecule has 5 heteroatoms. The second-order valence-electron chi connectivity index (χ2n) is 8.65. The van der Waals surface area contributed by atoms with Gasteiger partial charge in [-0.15, -0.1) is 0 Å². The van der Waals surface area contributed by atoms with Crippen molar-refractivity contribution in [1.29, 1.82) is 0 Å². The number of benzene rings is 2. The lowest BCUT2D eigenvalue weighted by Crippen LogP contribution is -2.49. The molecule has 0 radical (unpaired) electrons. The summed E-state index contributed by atoms with van der Waals surface area (Å²) >= 11 is 6.51. The molecule has 2 N–H and O–H groups in total. The Morgan fingerprint density at radius 1 is 1.20 bits per heavy atom. The zero-order chi connectivity index (χ0) is 21.1. The molecule has 0 aromatic heterocycles. The van der Waals surface area contributed by atoms with E-state index in [-0.39, 0.29) is 23.4 Å². The van der Waals surface area contributed by atoms with Crippen LogP contribution in [-0.2, 0) is 18.4 Å². The van der Waals surface area contributed by atoms with Gasteiger partial charge in [0.05, 0.1) is 17.7 Å². The van der Waals surface area contributed by atoms with Crippen molar-refractivity contribution in [2.45, 2.75) is 76.0 Å². The zero-order valence-corrected chi connectivity index (χ0v) is 18.3. The van der Waals surface area contributed by atoms with Crippen LogP contribution in [0.3, 0.4) is 0 Å². The lowest BCUT2D eigenvalue weighted by molar-refractivity contribution is 0.102. The van der Waals surface area contributed by atoms with Gasteiger partial charge in [0, 0.05) is 24.1 Å². The van der Waals surface area contributed by atoms with E-state index >= 15 is 0 Å². The highest BCUT2D eigenvalue weighted by molar-refractivity contribution is 6.32. The average Bonchev–Trinajstić information content (AvgIpc) is 2.75. The predicted octanol–water partition coefficient (Wildman–Crippen LogP) is 5.99. The highest BCUT2D eigenvalue weighted by atomic mass is 35.5. The molecule has 160 valence electrons. The number of fused-ring (bicyclic) bond motifs is 1. The van der Waals surface area contributed by atoms with Crippen LogP contribution in [0.15, 0.2) is 41.4 Å². The Bertz CT molecular complexity index is 904. The molecule has 4 rings (SSSR count). The highest BCUT2D eigenvalue weighted by Crippen LogP contribution is 2.44. The number of aliphatic imine (C=N–C) groups is 1. The van der Waals surface area contributed by atoms with Gasteiger partial charge in [-0.05, 0) is 73.1 Å². The highest BCUT2D eigenvalue weighted by Gasteiger charge is 2.42. The third-order valence-electron chi connectivity index (χ3n) is 6.80. The molecule has 3 nitrogen and oxygen atoms in total. The smallest absolute Gasteiger partial charge is 0.138 e. The summed E-state index contributed by atoms with van der Waals surface area (Å²) in [5.74, 6) is 0.560. The van der Waals surface area contributed by atoms with Gasteiger partial charge in [0.25, 0.3) is 0 Å². The minimum absolute atomic E-state index is 0.0560. The average molecular weight is 429 g/mol. The monoisotopic (exact) mass is 428 g/mol. The molecule has 1 atom stereocenters. The standard InChI is InChI=1S/C25H30ClFN2O/c1-2-3-24(28)25(19-4-6-20(27)7-5-19)11-8-21(9-12-25)30-23-15-17-10-13-29-16-18(17)14-22(23)26/h4-7,13-15,21,24H,2-3,8-12,16,28H2,1H3. The number of rotatable bonds is 6. The van der Waals surface area contributed by atoms with Crippen LogP contribution in [-0.4, -0.2) is 18.4 Å². The minimum atomic E-state index is -0.206. The van der Waals surface area contributed by atoms with Crippen molar-refractivity contribution in [1.82, 2.24) is 0 Å². The molecule has 1 fully saturated rings. The third-order valence-corrected chi connectivity index (χ3v) is 7.10. The molecule has 2 aromatic carbocycles. The van der Waals surface area contributed by atoms with Crippen molar-refractivity contribution in [3.05, 3.63) is 63.9 Å². The van der Waals surface area contributed by atoms with E-state index in [1.54, 1.807) is 12.1 Å². The van der Waals surface area contributed by atoms with Gasteiger partial charge >= 0.3 is 0 Å². The van der Waals surface area contributed by atoms with E-state index in [0.717, 1.165) is 56.3 Å². The maximum absolute atomic E-state index is 13.5. The maximum atomic E-state index is 13.5. The van der Waals surface area contributed by atoms with Gasteiger partial charge in [0.15, 0.2) is 0 Å². The molecule has 30 heavy (non-hydrogen) atoms. The second-order valence-corrected chi connectivity index (χ2v) is 9.06. The molecule has 1 aliphatic carbocycles. The van der Waals surface area contributed by atoms with Crippen molar-refractivity contribution in [2.75, 3.05) is 0 Å². The van der Waals surface area contributed by atoms with Crippen molar-refractivity contribution < 1.29 is 9.13 Å².